The minimum atomic E-state index is -0.640. The Hall–Kier alpha value is -1.65. The fourth-order valence-electron chi connectivity index (χ4n) is 2.48. The van der Waals surface area contributed by atoms with E-state index in [4.69, 9.17) is 9.47 Å². The van der Waals surface area contributed by atoms with Crippen LogP contribution < -0.4 is 0 Å². The van der Waals surface area contributed by atoms with Gasteiger partial charge in [0.05, 0.1) is 13.2 Å². The smallest absolute Gasteiger partial charge is 0.330 e. The molecule has 1 aliphatic rings. The van der Waals surface area contributed by atoms with Gasteiger partial charge in [0.15, 0.2) is 5.79 Å². The van der Waals surface area contributed by atoms with Crippen molar-refractivity contribution in [2.24, 2.45) is 5.92 Å². The number of ether oxygens (including phenoxy) is 3. The van der Waals surface area contributed by atoms with Crippen molar-refractivity contribution in [3.05, 3.63) is 48.0 Å². The minimum absolute atomic E-state index is 0.0241. The highest BCUT2D eigenvalue weighted by atomic mass is 16.8. The Balaban J connectivity index is 2.19. The van der Waals surface area contributed by atoms with Gasteiger partial charge in [-0.1, -0.05) is 43.3 Å². The van der Waals surface area contributed by atoms with E-state index in [1.165, 1.54) is 13.2 Å². The number of rotatable bonds is 4. The first-order chi connectivity index (χ1) is 9.93. The summed E-state index contributed by atoms with van der Waals surface area (Å²) < 4.78 is 16.7. The monoisotopic (exact) mass is 290 g/mol. The van der Waals surface area contributed by atoms with Crippen molar-refractivity contribution in [3.63, 3.8) is 0 Å². The third kappa shape index (κ3) is 3.93. The molecule has 4 nitrogen and oxygen atoms in total. The van der Waals surface area contributed by atoms with Crippen LogP contribution in [-0.4, -0.2) is 25.0 Å². The second kappa shape index (κ2) is 6.41. The predicted octanol–water partition coefficient (Wildman–Crippen LogP) is 3.24. The molecule has 0 spiro atoms. The second-order valence-electron chi connectivity index (χ2n) is 5.67. The number of esters is 1. The molecular weight excluding hydrogens is 268 g/mol. The van der Waals surface area contributed by atoms with Gasteiger partial charge in [-0.15, -0.1) is 0 Å². The SMILES string of the molecule is COC(=O)/C=C/[C@H](C)[C@H]1OC(C)(C)O[C@@H]1c1ccccc1. The first-order valence-corrected chi connectivity index (χ1v) is 7.09. The molecule has 0 bridgehead atoms. The zero-order chi connectivity index (χ0) is 15.5. The van der Waals surface area contributed by atoms with Gasteiger partial charge in [-0.2, -0.15) is 0 Å². The average Bonchev–Trinajstić information content (AvgIpc) is 2.81. The van der Waals surface area contributed by atoms with Gasteiger partial charge in [0.25, 0.3) is 0 Å². The lowest BCUT2D eigenvalue weighted by molar-refractivity contribution is -0.149. The van der Waals surface area contributed by atoms with Crippen molar-refractivity contribution in [2.45, 2.75) is 38.8 Å². The topological polar surface area (TPSA) is 44.8 Å². The number of hydrogen-bond donors (Lipinski definition) is 0. The van der Waals surface area contributed by atoms with Crippen LogP contribution in [0.25, 0.3) is 0 Å². The Morgan fingerprint density at radius 3 is 2.57 bits per heavy atom. The Bertz CT molecular complexity index is 507. The van der Waals surface area contributed by atoms with E-state index in [-0.39, 0.29) is 24.1 Å². The quantitative estimate of drug-likeness (QED) is 0.631. The highest BCUT2D eigenvalue weighted by Crippen LogP contribution is 2.41. The van der Waals surface area contributed by atoms with E-state index >= 15 is 0 Å². The standard InChI is InChI=1S/C17H22O4/c1-12(10-11-14(18)19-4)15-16(21-17(2,3)20-15)13-8-6-5-7-9-13/h5-12,15-16H,1-4H3/b11-10+/t12-,15+,16+/m0/s1. The Labute approximate surface area is 125 Å². The second-order valence-corrected chi connectivity index (χ2v) is 5.67. The molecule has 1 aromatic rings. The van der Waals surface area contributed by atoms with Gasteiger partial charge in [-0.25, -0.2) is 4.79 Å². The molecule has 0 N–H and O–H groups in total. The van der Waals surface area contributed by atoms with E-state index in [1.54, 1.807) is 6.08 Å². The van der Waals surface area contributed by atoms with Crippen molar-refractivity contribution in [2.75, 3.05) is 7.11 Å². The molecule has 114 valence electrons. The van der Waals surface area contributed by atoms with Crippen LogP contribution in [0.3, 0.4) is 0 Å². The van der Waals surface area contributed by atoms with Crippen molar-refractivity contribution in [3.8, 4) is 0 Å². The lowest BCUT2D eigenvalue weighted by Crippen LogP contribution is -2.25. The fraction of sp³-hybridized carbons (Fsp3) is 0.471. The van der Waals surface area contributed by atoms with Gasteiger partial charge in [0.1, 0.15) is 6.10 Å². The molecule has 0 aromatic heterocycles. The van der Waals surface area contributed by atoms with Gasteiger partial charge in [0, 0.05) is 12.0 Å². The maximum Gasteiger partial charge on any atom is 0.330 e. The molecule has 0 unspecified atom stereocenters. The summed E-state index contributed by atoms with van der Waals surface area (Å²) in [5.74, 6) is -0.981. The van der Waals surface area contributed by atoms with E-state index in [0.29, 0.717) is 0 Å². The lowest BCUT2D eigenvalue weighted by Gasteiger charge is -2.21. The predicted molar refractivity (Wildman–Crippen MR) is 79.5 cm³/mol. The summed E-state index contributed by atoms with van der Waals surface area (Å²) in [6, 6.07) is 9.99. The van der Waals surface area contributed by atoms with Crippen LogP contribution >= 0.6 is 0 Å². The first kappa shape index (κ1) is 15.7. The van der Waals surface area contributed by atoms with Crippen LogP contribution in [0, 0.1) is 5.92 Å². The molecule has 1 saturated heterocycles. The van der Waals surface area contributed by atoms with E-state index in [0.717, 1.165) is 5.56 Å². The first-order valence-electron chi connectivity index (χ1n) is 7.09. The molecule has 0 amide bonds. The molecule has 21 heavy (non-hydrogen) atoms. The van der Waals surface area contributed by atoms with E-state index < -0.39 is 5.79 Å². The Kier molecular flexibility index (Phi) is 4.80. The Morgan fingerprint density at radius 2 is 1.95 bits per heavy atom. The summed E-state index contributed by atoms with van der Waals surface area (Å²) in [5, 5.41) is 0. The zero-order valence-electron chi connectivity index (χ0n) is 12.9. The molecule has 1 fully saturated rings. The van der Waals surface area contributed by atoms with Gasteiger partial charge < -0.3 is 14.2 Å². The molecule has 4 heteroatoms. The van der Waals surface area contributed by atoms with E-state index in [1.807, 2.05) is 51.1 Å². The molecule has 0 saturated carbocycles. The molecule has 1 heterocycles. The summed E-state index contributed by atoms with van der Waals surface area (Å²) in [6.45, 7) is 5.81. The molecular formula is C17H22O4. The molecule has 3 atom stereocenters. The van der Waals surface area contributed by atoms with Crippen LogP contribution in [0.1, 0.15) is 32.4 Å². The number of methoxy groups -OCH3 is 1. The largest absolute Gasteiger partial charge is 0.466 e. The summed E-state index contributed by atoms with van der Waals surface area (Å²) in [4.78, 5) is 11.2. The lowest BCUT2D eigenvalue weighted by atomic mass is 9.94. The number of hydrogen-bond acceptors (Lipinski definition) is 4. The summed E-state index contributed by atoms with van der Waals surface area (Å²) >= 11 is 0. The average molecular weight is 290 g/mol. The van der Waals surface area contributed by atoms with Crippen molar-refractivity contribution in [1.82, 2.24) is 0 Å². The zero-order valence-corrected chi connectivity index (χ0v) is 12.9. The van der Waals surface area contributed by atoms with Crippen molar-refractivity contribution in [1.29, 1.82) is 0 Å². The van der Waals surface area contributed by atoms with E-state index in [9.17, 15) is 4.79 Å². The van der Waals surface area contributed by atoms with Crippen LogP contribution in [-0.2, 0) is 19.0 Å². The number of carbonyl (C=O) groups is 1. The van der Waals surface area contributed by atoms with E-state index in [2.05, 4.69) is 4.74 Å². The van der Waals surface area contributed by atoms with Crippen molar-refractivity contribution < 1.29 is 19.0 Å². The van der Waals surface area contributed by atoms with Crippen LogP contribution in [0.2, 0.25) is 0 Å². The maximum absolute atomic E-state index is 11.2. The molecule has 1 aliphatic heterocycles. The maximum atomic E-state index is 11.2. The number of carbonyl (C=O) groups excluding carboxylic acids is 1. The number of benzene rings is 1. The van der Waals surface area contributed by atoms with Gasteiger partial charge in [-0.05, 0) is 19.4 Å². The van der Waals surface area contributed by atoms with Crippen LogP contribution in [0.5, 0.6) is 0 Å². The third-order valence-corrected chi connectivity index (χ3v) is 3.51. The molecule has 0 aliphatic carbocycles. The minimum Gasteiger partial charge on any atom is -0.466 e. The molecule has 1 aromatic carbocycles. The van der Waals surface area contributed by atoms with Crippen molar-refractivity contribution >= 4 is 5.97 Å². The summed E-state index contributed by atoms with van der Waals surface area (Å²) in [5.41, 5.74) is 1.08. The fourth-order valence-corrected chi connectivity index (χ4v) is 2.48. The summed E-state index contributed by atoms with van der Waals surface area (Å²) in [6.07, 6.45) is 2.93. The van der Waals surface area contributed by atoms with Crippen LogP contribution in [0.4, 0.5) is 0 Å². The highest BCUT2D eigenvalue weighted by Gasteiger charge is 2.43. The molecule has 2 rings (SSSR count). The normalized spacial score (nSPS) is 25.9. The van der Waals surface area contributed by atoms with Gasteiger partial charge in [-0.3, -0.25) is 0 Å². The molecule has 0 radical (unpaired) electrons. The van der Waals surface area contributed by atoms with Crippen LogP contribution in [0.15, 0.2) is 42.5 Å². The Morgan fingerprint density at radius 1 is 1.29 bits per heavy atom. The van der Waals surface area contributed by atoms with Gasteiger partial charge >= 0.3 is 5.97 Å². The van der Waals surface area contributed by atoms with Gasteiger partial charge in [0.2, 0.25) is 0 Å². The summed E-state index contributed by atoms with van der Waals surface area (Å²) in [7, 11) is 1.36. The third-order valence-electron chi connectivity index (χ3n) is 3.51. The highest BCUT2D eigenvalue weighted by molar-refractivity contribution is 5.81.